The van der Waals surface area contributed by atoms with Crippen LogP contribution >= 0.6 is 0 Å². The van der Waals surface area contributed by atoms with Crippen LogP contribution in [0.4, 0.5) is 22.0 Å². The van der Waals surface area contributed by atoms with Crippen molar-refractivity contribution in [2.75, 3.05) is 0 Å². The summed E-state index contributed by atoms with van der Waals surface area (Å²) >= 11 is 0. The summed E-state index contributed by atoms with van der Waals surface area (Å²) in [6.45, 7) is 0. The van der Waals surface area contributed by atoms with Gasteiger partial charge in [-0.1, -0.05) is 18.2 Å². The van der Waals surface area contributed by atoms with E-state index in [0.29, 0.717) is 11.6 Å². The molecule has 2 aromatic carbocycles. The summed E-state index contributed by atoms with van der Waals surface area (Å²) in [6.07, 6.45) is -4.79. The van der Waals surface area contributed by atoms with Crippen molar-refractivity contribution in [2.24, 2.45) is 5.73 Å². The Bertz CT molecular complexity index is 624. The fraction of sp³-hybridized carbons (Fsp3) is 0.143. The molecule has 2 rings (SSSR count). The van der Waals surface area contributed by atoms with Crippen LogP contribution in [0.2, 0.25) is 0 Å². The highest BCUT2D eigenvalue weighted by Crippen LogP contribution is 2.27. The molecular weight excluding hydrogens is 293 g/mol. The second kappa shape index (κ2) is 5.69. The summed E-state index contributed by atoms with van der Waals surface area (Å²) in [7, 11) is 0. The number of halogens is 5. The quantitative estimate of drug-likeness (QED) is 0.873. The highest BCUT2D eigenvalue weighted by molar-refractivity contribution is 5.35. The zero-order valence-electron chi connectivity index (χ0n) is 10.5. The van der Waals surface area contributed by atoms with Crippen LogP contribution in [-0.4, -0.2) is 6.36 Å². The van der Waals surface area contributed by atoms with E-state index in [1.165, 1.54) is 18.2 Å². The third kappa shape index (κ3) is 3.91. The van der Waals surface area contributed by atoms with Gasteiger partial charge in [-0.15, -0.1) is 13.2 Å². The fourth-order valence-electron chi connectivity index (χ4n) is 1.81. The van der Waals surface area contributed by atoms with Crippen LogP contribution in [0, 0.1) is 11.6 Å². The molecule has 0 radical (unpaired) electrons. The third-order valence-corrected chi connectivity index (χ3v) is 2.77. The predicted octanol–water partition coefficient (Wildman–Crippen LogP) is 3.91. The Morgan fingerprint density at radius 2 is 1.57 bits per heavy atom. The Labute approximate surface area is 116 Å². The minimum atomic E-state index is -4.79. The molecule has 0 unspecified atom stereocenters. The molecule has 7 heteroatoms. The lowest BCUT2D eigenvalue weighted by Gasteiger charge is -2.15. The van der Waals surface area contributed by atoms with Gasteiger partial charge in [0, 0.05) is 11.6 Å². The molecular formula is C14H10F5NO. The van der Waals surface area contributed by atoms with Crippen molar-refractivity contribution in [3.8, 4) is 5.75 Å². The van der Waals surface area contributed by atoms with Crippen LogP contribution in [0.1, 0.15) is 17.2 Å². The molecule has 0 aromatic heterocycles. The van der Waals surface area contributed by atoms with Gasteiger partial charge in [0.15, 0.2) is 0 Å². The summed E-state index contributed by atoms with van der Waals surface area (Å²) in [6, 6.07) is 6.73. The summed E-state index contributed by atoms with van der Waals surface area (Å²) in [5.74, 6) is -1.96. The molecule has 2 aromatic rings. The third-order valence-electron chi connectivity index (χ3n) is 2.77. The first-order valence-electron chi connectivity index (χ1n) is 5.82. The second-order valence-electron chi connectivity index (χ2n) is 4.26. The standard InChI is InChI=1S/C14H10F5NO/c15-9-3-6-11(12(16)7-9)13(20)8-1-4-10(5-2-8)21-14(17,18)19/h1-7,13H,20H2/t13-/m0/s1. The Kier molecular flexibility index (Phi) is 4.13. The minimum absolute atomic E-state index is 0.0425. The van der Waals surface area contributed by atoms with E-state index >= 15 is 0 Å². The van der Waals surface area contributed by atoms with Gasteiger partial charge < -0.3 is 10.5 Å². The number of rotatable bonds is 3. The Hall–Kier alpha value is -2.15. The van der Waals surface area contributed by atoms with Gasteiger partial charge in [0.05, 0.1) is 6.04 Å². The van der Waals surface area contributed by atoms with E-state index in [0.717, 1.165) is 18.2 Å². The summed E-state index contributed by atoms with van der Waals surface area (Å²) in [4.78, 5) is 0. The number of alkyl halides is 3. The van der Waals surface area contributed by atoms with Gasteiger partial charge >= 0.3 is 6.36 Å². The van der Waals surface area contributed by atoms with Gasteiger partial charge in [0.25, 0.3) is 0 Å². The van der Waals surface area contributed by atoms with Crippen LogP contribution in [0.25, 0.3) is 0 Å². The Balaban J connectivity index is 2.22. The van der Waals surface area contributed by atoms with Crippen molar-refractivity contribution in [1.29, 1.82) is 0 Å². The molecule has 0 bridgehead atoms. The molecule has 21 heavy (non-hydrogen) atoms. The number of nitrogens with two attached hydrogens (primary N) is 1. The topological polar surface area (TPSA) is 35.2 Å². The zero-order chi connectivity index (χ0) is 15.6. The first-order valence-corrected chi connectivity index (χ1v) is 5.82. The van der Waals surface area contributed by atoms with Gasteiger partial charge in [-0.2, -0.15) is 0 Å². The highest BCUT2D eigenvalue weighted by Gasteiger charge is 2.31. The maximum atomic E-state index is 13.6. The van der Waals surface area contributed by atoms with Gasteiger partial charge in [-0.25, -0.2) is 8.78 Å². The molecule has 0 saturated carbocycles. The average molecular weight is 303 g/mol. The second-order valence-corrected chi connectivity index (χ2v) is 4.26. The minimum Gasteiger partial charge on any atom is -0.406 e. The summed E-state index contributed by atoms with van der Waals surface area (Å²) in [5, 5.41) is 0. The van der Waals surface area contributed by atoms with Crippen molar-refractivity contribution < 1.29 is 26.7 Å². The van der Waals surface area contributed by atoms with Crippen molar-refractivity contribution >= 4 is 0 Å². The molecule has 0 amide bonds. The monoisotopic (exact) mass is 303 g/mol. The molecule has 0 spiro atoms. The van der Waals surface area contributed by atoms with Crippen LogP contribution in [0.5, 0.6) is 5.75 Å². The molecule has 2 N–H and O–H groups in total. The molecule has 1 atom stereocenters. The summed E-state index contributed by atoms with van der Waals surface area (Å²) in [5.41, 5.74) is 6.23. The number of hydrogen-bond acceptors (Lipinski definition) is 2. The van der Waals surface area contributed by atoms with Crippen LogP contribution < -0.4 is 10.5 Å². The lowest BCUT2D eigenvalue weighted by atomic mass is 9.99. The van der Waals surface area contributed by atoms with Gasteiger partial charge in [0.2, 0.25) is 0 Å². The molecule has 0 aliphatic heterocycles. The van der Waals surface area contributed by atoms with Crippen molar-refractivity contribution in [2.45, 2.75) is 12.4 Å². The van der Waals surface area contributed by atoms with Crippen molar-refractivity contribution in [3.05, 3.63) is 65.2 Å². The fourth-order valence-corrected chi connectivity index (χ4v) is 1.81. The Morgan fingerprint density at radius 3 is 2.10 bits per heavy atom. The summed E-state index contributed by atoms with van der Waals surface area (Å²) < 4.78 is 66.2. The van der Waals surface area contributed by atoms with Crippen molar-refractivity contribution in [3.63, 3.8) is 0 Å². The van der Waals surface area contributed by atoms with Crippen LogP contribution in [0.3, 0.4) is 0 Å². The van der Waals surface area contributed by atoms with E-state index in [2.05, 4.69) is 4.74 Å². The van der Waals surface area contributed by atoms with E-state index in [1.54, 1.807) is 0 Å². The van der Waals surface area contributed by atoms with Crippen LogP contribution in [0.15, 0.2) is 42.5 Å². The average Bonchev–Trinajstić information content (AvgIpc) is 2.37. The molecule has 0 fully saturated rings. The maximum Gasteiger partial charge on any atom is 0.573 e. The van der Waals surface area contributed by atoms with Gasteiger partial charge in [-0.3, -0.25) is 0 Å². The van der Waals surface area contributed by atoms with E-state index in [-0.39, 0.29) is 5.56 Å². The zero-order valence-corrected chi connectivity index (χ0v) is 10.5. The van der Waals surface area contributed by atoms with Crippen LogP contribution in [-0.2, 0) is 0 Å². The molecule has 0 aliphatic carbocycles. The van der Waals surface area contributed by atoms with Crippen molar-refractivity contribution in [1.82, 2.24) is 0 Å². The van der Waals surface area contributed by atoms with Gasteiger partial charge in [-0.05, 0) is 23.8 Å². The number of benzene rings is 2. The number of ether oxygens (including phenoxy) is 1. The molecule has 0 heterocycles. The SMILES string of the molecule is N[C@@H](c1ccc(OC(F)(F)F)cc1)c1ccc(F)cc1F. The molecule has 0 saturated heterocycles. The maximum absolute atomic E-state index is 13.6. The highest BCUT2D eigenvalue weighted by atomic mass is 19.4. The largest absolute Gasteiger partial charge is 0.573 e. The first kappa shape index (κ1) is 15.2. The number of hydrogen-bond donors (Lipinski definition) is 1. The molecule has 112 valence electrons. The molecule has 2 nitrogen and oxygen atoms in total. The lowest BCUT2D eigenvalue weighted by molar-refractivity contribution is -0.274. The Morgan fingerprint density at radius 1 is 0.952 bits per heavy atom. The van der Waals surface area contributed by atoms with E-state index < -0.39 is 29.8 Å². The van der Waals surface area contributed by atoms with E-state index in [4.69, 9.17) is 5.73 Å². The lowest BCUT2D eigenvalue weighted by Crippen LogP contribution is -2.17. The first-order chi connectivity index (χ1) is 9.76. The predicted molar refractivity (Wildman–Crippen MR) is 65.5 cm³/mol. The van der Waals surface area contributed by atoms with Gasteiger partial charge in [0.1, 0.15) is 17.4 Å². The normalized spacial score (nSPS) is 13.0. The van der Waals surface area contributed by atoms with E-state index in [9.17, 15) is 22.0 Å². The molecule has 0 aliphatic rings. The smallest absolute Gasteiger partial charge is 0.406 e. The van der Waals surface area contributed by atoms with E-state index in [1.807, 2.05) is 0 Å².